The largest absolute Gasteiger partial charge is 0.491 e. The summed E-state index contributed by atoms with van der Waals surface area (Å²) in [5.41, 5.74) is 4.55. The third kappa shape index (κ3) is 3.85. The van der Waals surface area contributed by atoms with Gasteiger partial charge in [-0.2, -0.15) is 13.2 Å². The van der Waals surface area contributed by atoms with Gasteiger partial charge in [0.2, 0.25) is 0 Å². The maximum atomic E-state index is 12.8. The van der Waals surface area contributed by atoms with E-state index in [1.807, 2.05) is 0 Å². The maximum Gasteiger partial charge on any atom is 0.419 e. The smallest absolute Gasteiger partial charge is 0.419 e. The number of hydrogen-bond donors (Lipinski definition) is 1. The summed E-state index contributed by atoms with van der Waals surface area (Å²) in [6.07, 6.45) is -4.52. The van der Waals surface area contributed by atoms with Gasteiger partial charge in [-0.15, -0.1) is 0 Å². The third-order valence-electron chi connectivity index (χ3n) is 2.11. The van der Waals surface area contributed by atoms with Gasteiger partial charge in [0.1, 0.15) is 17.3 Å². The van der Waals surface area contributed by atoms with Gasteiger partial charge in [-0.1, -0.05) is 12.2 Å². The maximum absolute atomic E-state index is 12.8. The van der Waals surface area contributed by atoms with Crippen LogP contribution in [-0.2, 0) is 10.9 Å². The van der Waals surface area contributed by atoms with E-state index in [4.69, 9.17) is 15.2 Å². The van der Waals surface area contributed by atoms with E-state index in [-0.39, 0.29) is 29.5 Å². The fourth-order valence-corrected chi connectivity index (χ4v) is 1.39. The highest BCUT2D eigenvalue weighted by molar-refractivity contribution is 7.80. The van der Waals surface area contributed by atoms with Gasteiger partial charge in [-0.05, 0) is 18.2 Å². The van der Waals surface area contributed by atoms with Crippen molar-refractivity contribution in [2.75, 3.05) is 20.3 Å². The Morgan fingerprint density at radius 2 is 2.00 bits per heavy atom. The van der Waals surface area contributed by atoms with Crippen LogP contribution in [0.4, 0.5) is 13.2 Å². The number of thiocarbonyl (C=S) groups is 1. The van der Waals surface area contributed by atoms with Crippen LogP contribution in [0.5, 0.6) is 5.75 Å². The Labute approximate surface area is 108 Å². The van der Waals surface area contributed by atoms with Gasteiger partial charge >= 0.3 is 6.18 Å². The fourth-order valence-electron chi connectivity index (χ4n) is 1.27. The molecule has 0 aliphatic heterocycles. The summed E-state index contributed by atoms with van der Waals surface area (Å²) in [5, 5.41) is 0. The Morgan fingerprint density at radius 1 is 1.33 bits per heavy atom. The minimum atomic E-state index is -4.52. The summed E-state index contributed by atoms with van der Waals surface area (Å²) in [7, 11) is 1.43. The van der Waals surface area contributed by atoms with E-state index in [0.29, 0.717) is 0 Å². The zero-order chi connectivity index (χ0) is 13.8. The third-order valence-corrected chi connectivity index (χ3v) is 2.35. The first kappa shape index (κ1) is 14.7. The molecular formula is C11H12F3NO2S. The number of benzene rings is 1. The molecule has 1 aromatic rings. The summed E-state index contributed by atoms with van der Waals surface area (Å²) in [5.74, 6) is -0.264. The van der Waals surface area contributed by atoms with Crippen LogP contribution < -0.4 is 10.5 Å². The van der Waals surface area contributed by atoms with Gasteiger partial charge in [-0.25, -0.2) is 0 Å². The van der Waals surface area contributed by atoms with Crippen molar-refractivity contribution in [2.45, 2.75) is 6.18 Å². The molecule has 1 rings (SSSR count). The molecule has 0 radical (unpaired) electrons. The number of rotatable bonds is 5. The molecule has 100 valence electrons. The standard InChI is InChI=1S/C11H12F3NO2S/c1-16-4-5-17-9-3-2-7(10(15)18)6-8(9)11(12,13)14/h2-3,6H,4-5H2,1H3,(H2,15,18). The SMILES string of the molecule is COCCOc1ccc(C(N)=S)cc1C(F)(F)F. The first-order valence-corrected chi connectivity index (χ1v) is 5.40. The molecule has 2 N–H and O–H groups in total. The Morgan fingerprint density at radius 3 is 2.50 bits per heavy atom. The fraction of sp³-hybridized carbons (Fsp3) is 0.364. The molecule has 3 nitrogen and oxygen atoms in total. The van der Waals surface area contributed by atoms with E-state index in [9.17, 15) is 13.2 Å². The summed E-state index contributed by atoms with van der Waals surface area (Å²) >= 11 is 4.64. The highest BCUT2D eigenvalue weighted by Gasteiger charge is 2.34. The van der Waals surface area contributed by atoms with Crippen LogP contribution in [0.15, 0.2) is 18.2 Å². The van der Waals surface area contributed by atoms with E-state index < -0.39 is 11.7 Å². The zero-order valence-corrected chi connectivity index (χ0v) is 10.4. The van der Waals surface area contributed by atoms with Crippen LogP contribution in [0.3, 0.4) is 0 Å². The van der Waals surface area contributed by atoms with Crippen LogP contribution in [-0.4, -0.2) is 25.3 Å². The van der Waals surface area contributed by atoms with Crippen molar-refractivity contribution >= 4 is 17.2 Å². The molecule has 0 heterocycles. The van der Waals surface area contributed by atoms with Gasteiger partial charge in [0.25, 0.3) is 0 Å². The van der Waals surface area contributed by atoms with E-state index in [1.165, 1.54) is 19.2 Å². The molecule has 0 aliphatic rings. The molecule has 0 bridgehead atoms. The molecule has 0 saturated heterocycles. The topological polar surface area (TPSA) is 44.5 Å². The highest BCUT2D eigenvalue weighted by Crippen LogP contribution is 2.36. The lowest BCUT2D eigenvalue weighted by Gasteiger charge is -2.14. The summed E-state index contributed by atoms with van der Waals surface area (Å²) in [6.45, 7) is 0.236. The molecule has 0 unspecified atom stereocenters. The van der Waals surface area contributed by atoms with Crippen molar-refractivity contribution in [3.8, 4) is 5.75 Å². The van der Waals surface area contributed by atoms with Gasteiger partial charge in [0.05, 0.1) is 12.2 Å². The molecule has 18 heavy (non-hydrogen) atoms. The normalized spacial score (nSPS) is 11.3. The number of ether oxygens (including phenoxy) is 2. The average molecular weight is 279 g/mol. The van der Waals surface area contributed by atoms with Crippen LogP contribution >= 0.6 is 12.2 Å². The van der Waals surface area contributed by atoms with E-state index in [2.05, 4.69) is 12.2 Å². The van der Waals surface area contributed by atoms with Crippen molar-refractivity contribution in [1.29, 1.82) is 0 Å². The van der Waals surface area contributed by atoms with E-state index >= 15 is 0 Å². The lowest BCUT2D eigenvalue weighted by Crippen LogP contribution is -2.15. The second-order valence-corrected chi connectivity index (χ2v) is 3.85. The first-order valence-electron chi connectivity index (χ1n) is 4.99. The number of alkyl halides is 3. The number of nitrogens with two attached hydrogens (primary N) is 1. The predicted octanol–water partition coefficient (Wildman–Crippen LogP) is 2.36. The van der Waals surface area contributed by atoms with Gasteiger partial charge in [0, 0.05) is 12.7 Å². The van der Waals surface area contributed by atoms with Crippen molar-refractivity contribution in [3.63, 3.8) is 0 Å². The Hall–Kier alpha value is -1.34. The van der Waals surface area contributed by atoms with Crippen molar-refractivity contribution in [1.82, 2.24) is 0 Å². The molecule has 0 fully saturated rings. The van der Waals surface area contributed by atoms with Gasteiger partial charge < -0.3 is 15.2 Å². The second-order valence-electron chi connectivity index (χ2n) is 3.41. The molecule has 0 aliphatic carbocycles. The van der Waals surface area contributed by atoms with Crippen molar-refractivity contribution in [3.05, 3.63) is 29.3 Å². The minimum Gasteiger partial charge on any atom is -0.491 e. The first-order chi connectivity index (χ1) is 8.36. The minimum absolute atomic E-state index is 0.0337. The Bertz CT molecular complexity index is 435. The molecule has 0 saturated carbocycles. The van der Waals surface area contributed by atoms with Crippen molar-refractivity contribution < 1.29 is 22.6 Å². The summed E-state index contributed by atoms with van der Waals surface area (Å²) < 4.78 is 48.1. The molecule has 1 aromatic carbocycles. The van der Waals surface area contributed by atoms with Gasteiger partial charge in [0.15, 0.2) is 0 Å². The zero-order valence-electron chi connectivity index (χ0n) is 9.58. The van der Waals surface area contributed by atoms with Crippen LogP contribution in [0.1, 0.15) is 11.1 Å². The average Bonchev–Trinajstić information content (AvgIpc) is 2.28. The van der Waals surface area contributed by atoms with E-state index in [0.717, 1.165) is 6.07 Å². The quantitative estimate of drug-likeness (QED) is 0.664. The van der Waals surface area contributed by atoms with Crippen LogP contribution in [0.25, 0.3) is 0 Å². The molecule has 0 atom stereocenters. The monoisotopic (exact) mass is 279 g/mol. The van der Waals surface area contributed by atoms with Crippen LogP contribution in [0.2, 0.25) is 0 Å². The van der Waals surface area contributed by atoms with E-state index in [1.54, 1.807) is 0 Å². The second kappa shape index (κ2) is 6.01. The lowest BCUT2D eigenvalue weighted by atomic mass is 10.1. The number of methoxy groups -OCH3 is 1. The summed E-state index contributed by atoms with van der Waals surface area (Å²) in [6, 6.07) is 3.47. The molecule has 0 amide bonds. The Kier molecular flexibility index (Phi) is 4.92. The van der Waals surface area contributed by atoms with Gasteiger partial charge in [-0.3, -0.25) is 0 Å². The van der Waals surface area contributed by atoms with Crippen LogP contribution in [0, 0.1) is 0 Å². The lowest BCUT2D eigenvalue weighted by molar-refractivity contribution is -0.139. The summed E-state index contributed by atoms with van der Waals surface area (Å²) in [4.78, 5) is -0.0936. The van der Waals surface area contributed by atoms with Crippen molar-refractivity contribution in [2.24, 2.45) is 5.73 Å². The molecule has 0 spiro atoms. The predicted molar refractivity (Wildman–Crippen MR) is 64.7 cm³/mol. The number of hydrogen-bond acceptors (Lipinski definition) is 3. The molecule has 7 heteroatoms. The molecular weight excluding hydrogens is 267 g/mol. The Balaban J connectivity index is 3.05. The highest BCUT2D eigenvalue weighted by atomic mass is 32.1. The number of halogens is 3. The molecule has 0 aromatic heterocycles.